The summed E-state index contributed by atoms with van der Waals surface area (Å²) in [5.74, 6) is 3.11. The maximum Gasteiger partial charge on any atom is 0.282 e. The maximum absolute atomic E-state index is 11.3. The molecule has 0 aliphatic heterocycles. The molecule has 0 saturated carbocycles. The second kappa shape index (κ2) is 25.5. The van der Waals surface area contributed by atoms with Crippen molar-refractivity contribution in [2.24, 2.45) is 0 Å². The Balaban J connectivity index is 0.000000145. The Labute approximate surface area is 482 Å². The van der Waals surface area contributed by atoms with Gasteiger partial charge in [0, 0.05) is 29.4 Å². The lowest BCUT2D eigenvalue weighted by atomic mass is 10.2. The Morgan fingerprint density at radius 3 is 1.50 bits per heavy atom. The summed E-state index contributed by atoms with van der Waals surface area (Å²) in [6, 6.07) is 3.25. The van der Waals surface area contributed by atoms with Gasteiger partial charge in [0.15, 0.2) is 56.1 Å². The Morgan fingerprint density at radius 2 is 0.940 bits per heavy atom. The van der Waals surface area contributed by atoms with Crippen LogP contribution >= 0.6 is 0 Å². The van der Waals surface area contributed by atoms with E-state index in [1.54, 1.807) is 31.0 Å². The second-order valence-corrected chi connectivity index (χ2v) is 21.4. The normalized spacial score (nSPS) is 11.4. The van der Waals surface area contributed by atoms with Crippen LogP contribution in [0.5, 0.6) is 0 Å². The van der Waals surface area contributed by atoms with Gasteiger partial charge in [-0.3, -0.25) is 14.6 Å². The van der Waals surface area contributed by atoms with Crippen molar-refractivity contribution in [1.82, 2.24) is 129 Å². The lowest BCUT2D eigenvalue weighted by molar-refractivity contribution is 0.526. The van der Waals surface area contributed by atoms with Gasteiger partial charge in [-0.05, 0) is 143 Å². The van der Waals surface area contributed by atoms with E-state index < -0.39 is 0 Å². The number of H-pyrrole nitrogens is 2. The second-order valence-electron chi connectivity index (χ2n) is 21.4. The summed E-state index contributed by atoms with van der Waals surface area (Å²) in [5.41, 5.74) is 28.5. The van der Waals surface area contributed by atoms with Crippen molar-refractivity contribution in [2.45, 2.75) is 168 Å². The first-order chi connectivity index (χ1) is 39.6. The number of nitrogen functional groups attached to an aromatic ring is 3. The smallest absolute Gasteiger partial charge is 0.282 e. The predicted octanol–water partition coefficient (Wildman–Crippen LogP) is 6.73. The number of imidazole rings is 1. The highest BCUT2D eigenvalue weighted by Crippen LogP contribution is 2.29. The number of hydrogen-bond donors (Lipinski definition) is 5. The van der Waals surface area contributed by atoms with Crippen LogP contribution in [0.25, 0.3) is 66.9 Å². The molecule has 0 fully saturated rings. The van der Waals surface area contributed by atoms with Crippen molar-refractivity contribution in [3.63, 3.8) is 0 Å². The average molecular weight is 1150 g/mol. The molecular formula is C53H75N29O2. The van der Waals surface area contributed by atoms with E-state index in [2.05, 4.69) is 159 Å². The molecule has 31 heteroatoms. The Kier molecular flexibility index (Phi) is 18.8. The van der Waals surface area contributed by atoms with Gasteiger partial charge in [-0.25, -0.2) is 63.6 Å². The van der Waals surface area contributed by atoms with E-state index in [0.29, 0.717) is 51.6 Å². The standard InChI is InChI=1S/C13H19N3.C11H16N4.C8H11N5.C7H10N6O.C7H10N6.C7H9N5O/c1-7(2)16-10(5)8(3)12-9(4)14-11(6)15-13(12)16;1-6(2)15-9(5)14-10-7(3)12-8(4)13-11(10)15;1-5(2)13-8-7(11-12-13)6(9)3-4-10-8;1-3(2)13-5-4(11-12-13)6(14)10-7(8)9-5;1-4(2)13-7-5(11-12-13)6(8)9-3-10-7;1-4(2)12-6-5(10-11-12)7(13)9-3-8-6/h7H,1-6H3;6H,1-5H3;3-5H,1-2H3,(H2,9,10);3H,1-2H3,(H3,8,9,10,14);3-4H,1-2H3,(H2,8,9,10);3-4H,1-2H3,(H,8,9,13). The summed E-state index contributed by atoms with van der Waals surface area (Å²) in [4.78, 5) is 69.8. The van der Waals surface area contributed by atoms with Gasteiger partial charge in [0.1, 0.15) is 35.0 Å². The maximum atomic E-state index is 11.3. The number of aryl methyl sites for hydroxylation is 6. The SMILES string of the molecule is CC(C)n1nnc2c(=O)[nH]c(N)nc21.CC(C)n1nnc2c(=O)[nH]cnc21.CC(C)n1nnc2c(N)ccnc21.CC(C)n1nnc2c(N)ncnc21.Cc1nc(C)c2c(C)c(C)n(C(C)C)c2n1.Cc1nc(C)c2nc(C)n(C(C)C)c2n1. The van der Waals surface area contributed by atoms with Crippen molar-refractivity contribution < 1.29 is 0 Å². The van der Waals surface area contributed by atoms with Crippen LogP contribution in [0, 0.1) is 48.5 Å². The van der Waals surface area contributed by atoms with Gasteiger partial charge in [0.25, 0.3) is 11.1 Å². The van der Waals surface area contributed by atoms with Gasteiger partial charge < -0.3 is 31.3 Å². The number of nitrogens with zero attached hydrogens (tertiary/aromatic N) is 24. The molecule has 12 heterocycles. The fourth-order valence-electron chi connectivity index (χ4n) is 9.10. The van der Waals surface area contributed by atoms with Gasteiger partial charge in [-0.15, -0.1) is 20.4 Å². The lowest BCUT2D eigenvalue weighted by Gasteiger charge is -2.11. The van der Waals surface area contributed by atoms with E-state index in [-0.39, 0.29) is 52.3 Å². The fourth-order valence-corrected chi connectivity index (χ4v) is 9.10. The van der Waals surface area contributed by atoms with Crippen LogP contribution < -0.4 is 28.3 Å². The van der Waals surface area contributed by atoms with Gasteiger partial charge in [-0.2, -0.15) is 4.98 Å². The number of aromatic amines is 2. The molecule has 0 unspecified atom stereocenters. The van der Waals surface area contributed by atoms with Crippen LogP contribution in [0.2, 0.25) is 0 Å². The van der Waals surface area contributed by atoms with Crippen molar-refractivity contribution in [3.05, 3.63) is 85.7 Å². The highest BCUT2D eigenvalue weighted by Gasteiger charge is 2.19. The molecular weight excluding hydrogens is 1070 g/mol. The van der Waals surface area contributed by atoms with Crippen molar-refractivity contribution in [1.29, 1.82) is 0 Å². The van der Waals surface area contributed by atoms with Gasteiger partial charge >= 0.3 is 0 Å². The van der Waals surface area contributed by atoms with Crippen LogP contribution in [0.3, 0.4) is 0 Å². The van der Waals surface area contributed by atoms with E-state index in [0.717, 1.165) is 51.3 Å². The number of hydrogen-bond acceptors (Lipinski definition) is 23. The lowest BCUT2D eigenvalue weighted by Crippen LogP contribution is -2.12. The quantitative estimate of drug-likeness (QED) is 0.115. The number of fused-ring (bicyclic) bond motifs is 6. The molecule has 0 amide bonds. The van der Waals surface area contributed by atoms with Crippen LogP contribution in [0.4, 0.5) is 17.5 Å². The molecule has 0 atom stereocenters. The van der Waals surface area contributed by atoms with E-state index in [1.165, 1.54) is 29.3 Å². The summed E-state index contributed by atoms with van der Waals surface area (Å²) < 4.78 is 11.1. The highest BCUT2D eigenvalue weighted by molar-refractivity contribution is 5.85. The predicted molar refractivity (Wildman–Crippen MR) is 322 cm³/mol. The van der Waals surface area contributed by atoms with Crippen molar-refractivity contribution in [3.8, 4) is 0 Å². The third kappa shape index (κ3) is 12.9. The molecule has 8 N–H and O–H groups in total. The zero-order chi connectivity index (χ0) is 61.8. The molecule has 12 aromatic heterocycles. The topological polar surface area (TPSA) is 405 Å². The van der Waals surface area contributed by atoms with E-state index in [4.69, 9.17) is 17.2 Å². The van der Waals surface area contributed by atoms with Crippen LogP contribution in [0.15, 0.2) is 34.5 Å². The minimum atomic E-state index is -0.362. The molecule has 0 aromatic carbocycles. The summed E-state index contributed by atoms with van der Waals surface area (Å²) in [6.07, 6.45) is 4.44. The Hall–Kier alpha value is -9.84. The highest BCUT2D eigenvalue weighted by atomic mass is 16.1. The van der Waals surface area contributed by atoms with Crippen LogP contribution in [-0.2, 0) is 0 Å². The molecule has 444 valence electrons. The largest absolute Gasteiger partial charge is 0.397 e. The zero-order valence-corrected chi connectivity index (χ0v) is 51.1. The number of nitrogens with one attached hydrogen (secondary N) is 2. The minimum absolute atomic E-state index is 0.0756. The summed E-state index contributed by atoms with van der Waals surface area (Å²) >= 11 is 0. The molecule has 84 heavy (non-hydrogen) atoms. The molecule has 0 spiro atoms. The summed E-state index contributed by atoms with van der Waals surface area (Å²) in [5, 5.41) is 32.1. The van der Waals surface area contributed by atoms with Crippen LogP contribution in [0.1, 0.15) is 159 Å². The number of nitrogens with two attached hydrogens (primary N) is 3. The van der Waals surface area contributed by atoms with Gasteiger partial charge in [0.2, 0.25) is 5.95 Å². The summed E-state index contributed by atoms with van der Waals surface area (Å²) in [7, 11) is 0. The number of pyridine rings is 1. The van der Waals surface area contributed by atoms with E-state index >= 15 is 0 Å². The van der Waals surface area contributed by atoms with Gasteiger partial charge in [-0.1, -0.05) is 20.9 Å². The first kappa shape index (κ1) is 61.8. The zero-order valence-electron chi connectivity index (χ0n) is 51.1. The Morgan fingerprint density at radius 1 is 0.452 bits per heavy atom. The van der Waals surface area contributed by atoms with Gasteiger partial charge in [0.05, 0.1) is 47.6 Å². The third-order valence-corrected chi connectivity index (χ3v) is 13.0. The molecule has 0 aliphatic rings. The molecule has 12 aromatic rings. The molecule has 31 nitrogen and oxygen atoms in total. The van der Waals surface area contributed by atoms with E-state index in [1.807, 2.05) is 83.1 Å². The molecule has 0 aliphatic carbocycles. The van der Waals surface area contributed by atoms with Crippen molar-refractivity contribution >= 4 is 84.3 Å². The number of aromatic nitrogens is 26. The molecule has 12 rings (SSSR count). The Bertz CT molecular complexity index is 4290. The van der Waals surface area contributed by atoms with Crippen molar-refractivity contribution in [2.75, 3.05) is 17.2 Å². The first-order valence-electron chi connectivity index (χ1n) is 27.3. The molecule has 0 saturated heterocycles. The monoisotopic (exact) mass is 1150 g/mol. The third-order valence-electron chi connectivity index (χ3n) is 13.0. The van der Waals surface area contributed by atoms with E-state index in [9.17, 15) is 9.59 Å². The number of rotatable bonds is 6. The number of anilines is 3. The summed E-state index contributed by atoms with van der Waals surface area (Å²) in [6.45, 7) is 38.7. The first-order valence-corrected chi connectivity index (χ1v) is 27.3. The molecule has 0 radical (unpaired) electrons. The average Bonchev–Trinajstić information content (AvgIpc) is 2.64. The molecule has 0 bridgehead atoms. The fraction of sp³-hybridized carbons (Fsp3) is 0.472. The minimum Gasteiger partial charge on any atom is -0.397 e. The van der Waals surface area contributed by atoms with Crippen LogP contribution in [-0.4, -0.2) is 129 Å².